The van der Waals surface area contributed by atoms with Gasteiger partial charge in [-0.3, -0.25) is 9.69 Å². The summed E-state index contributed by atoms with van der Waals surface area (Å²) in [6.45, 7) is 2.81. The van der Waals surface area contributed by atoms with E-state index < -0.39 is 15.4 Å². The van der Waals surface area contributed by atoms with Crippen LogP contribution in [0.3, 0.4) is 0 Å². The van der Waals surface area contributed by atoms with E-state index in [0.29, 0.717) is 24.6 Å². The minimum Gasteiger partial charge on any atom is -0.375 e. The summed E-state index contributed by atoms with van der Waals surface area (Å²) < 4.78 is 34.9. The molecule has 1 aliphatic carbocycles. The van der Waals surface area contributed by atoms with Crippen LogP contribution < -0.4 is 5.32 Å². The fraction of sp³-hybridized carbons (Fsp3) is 0.650. The Kier molecular flexibility index (Phi) is 6.75. The van der Waals surface area contributed by atoms with Gasteiger partial charge in [0.2, 0.25) is 5.91 Å². The van der Waals surface area contributed by atoms with Crippen LogP contribution >= 0.6 is 0 Å². The van der Waals surface area contributed by atoms with Gasteiger partial charge in [0.25, 0.3) is 0 Å². The number of nitrogens with one attached hydrogen (secondary N) is 1. The van der Waals surface area contributed by atoms with Crippen LogP contribution in [-0.4, -0.2) is 70.5 Å². The quantitative estimate of drug-likeness (QED) is 0.762. The topological polar surface area (TPSA) is 84.9 Å². The second-order valence-corrected chi connectivity index (χ2v) is 9.86. The molecule has 2 atom stereocenters. The predicted octanol–water partition coefficient (Wildman–Crippen LogP) is 1.37. The lowest BCUT2D eigenvalue weighted by molar-refractivity contribution is -0.152. The van der Waals surface area contributed by atoms with E-state index in [1.807, 2.05) is 6.07 Å². The van der Waals surface area contributed by atoms with Crippen molar-refractivity contribution in [2.24, 2.45) is 0 Å². The van der Waals surface area contributed by atoms with Gasteiger partial charge in [-0.2, -0.15) is 0 Å². The van der Waals surface area contributed by atoms with Gasteiger partial charge >= 0.3 is 0 Å². The van der Waals surface area contributed by atoms with Crippen molar-refractivity contribution < 1.29 is 22.7 Å². The van der Waals surface area contributed by atoms with E-state index in [9.17, 15) is 13.2 Å². The first-order valence-electron chi connectivity index (χ1n) is 9.76. The van der Waals surface area contributed by atoms with E-state index in [4.69, 9.17) is 9.47 Å². The maximum absolute atomic E-state index is 12.1. The molecule has 1 spiro atoms. The Labute approximate surface area is 167 Å². The molecule has 1 saturated heterocycles. The van der Waals surface area contributed by atoms with Crippen LogP contribution in [0.15, 0.2) is 29.2 Å². The summed E-state index contributed by atoms with van der Waals surface area (Å²) in [4.78, 5) is 14.7. The summed E-state index contributed by atoms with van der Waals surface area (Å²) in [5, 5.41) is 3.10. The van der Waals surface area contributed by atoms with E-state index >= 15 is 0 Å². The number of carbonyl (C=O) groups excluding carboxylic acids is 1. The van der Waals surface area contributed by atoms with Crippen LogP contribution in [-0.2, 0) is 30.7 Å². The molecule has 1 amide bonds. The Morgan fingerprint density at radius 3 is 2.96 bits per heavy atom. The number of carbonyl (C=O) groups is 1. The van der Waals surface area contributed by atoms with Crippen molar-refractivity contribution in [1.82, 2.24) is 10.2 Å². The summed E-state index contributed by atoms with van der Waals surface area (Å²) in [6, 6.07) is 7.08. The van der Waals surface area contributed by atoms with Gasteiger partial charge in [0, 0.05) is 33.0 Å². The van der Waals surface area contributed by atoms with Crippen molar-refractivity contribution in [3.8, 4) is 0 Å². The van der Waals surface area contributed by atoms with Crippen molar-refractivity contribution in [2.75, 3.05) is 39.7 Å². The summed E-state index contributed by atoms with van der Waals surface area (Å²) in [5.41, 5.74) is 0.574. The third-order valence-corrected chi connectivity index (χ3v) is 6.72. The molecule has 0 bridgehead atoms. The molecule has 2 aliphatic rings. The standard InChI is InChI=1S/C20H30N2O5S/c1-26-14-19(23)21-18-8-3-4-9-20(18)15-22(10-11-27-20)13-16-6-5-7-17(12-16)28(2,24)25/h5-7,12,18H,3-4,8-11,13-15H2,1-2H3,(H,21,23)/t18-,20+/m0/s1. The molecule has 0 aromatic heterocycles. The second kappa shape index (κ2) is 8.90. The number of morpholine rings is 1. The van der Waals surface area contributed by atoms with Crippen LogP contribution in [0, 0.1) is 0 Å². The number of hydrogen-bond donors (Lipinski definition) is 1. The maximum Gasteiger partial charge on any atom is 0.246 e. The number of rotatable bonds is 6. The van der Waals surface area contributed by atoms with Gasteiger partial charge in [-0.25, -0.2) is 8.42 Å². The molecule has 156 valence electrons. The van der Waals surface area contributed by atoms with Gasteiger partial charge in [-0.1, -0.05) is 25.0 Å². The number of benzene rings is 1. The summed E-state index contributed by atoms with van der Waals surface area (Å²) in [6.07, 6.45) is 5.18. The molecule has 1 aromatic rings. The van der Waals surface area contributed by atoms with Gasteiger partial charge in [0.05, 0.1) is 17.5 Å². The maximum atomic E-state index is 12.1. The molecular weight excluding hydrogens is 380 g/mol. The fourth-order valence-corrected chi connectivity index (χ4v) is 4.98. The molecule has 1 saturated carbocycles. The Hall–Kier alpha value is -1.48. The second-order valence-electron chi connectivity index (χ2n) is 7.84. The molecule has 1 heterocycles. The van der Waals surface area contributed by atoms with Crippen LogP contribution in [0.5, 0.6) is 0 Å². The molecule has 28 heavy (non-hydrogen) atoms. The normalized spacial score (nSPS) is 26.3. The number of sulfone groups is 1. The molecule has 8 heteroatoms. The smallest absolute Gasteiger partial charge is 0.246 e. The summed E-state index contributed by atoms with van der Waals surface area (Å²) in [5.74, 6) is -0.115. The highest BCUT2D eigenvalue weighted by molar-refractivity contribution is 7.90. The predicted molar refractivity (Wildman–Crippen MR) is 106 cm³/mol. The Morgan fingerprint density at radius 1 is 1.39 bits per heavy atom. The van der Waals surface area contributed by atoms with Crippen molar-refractivity contribution in [2.45, 2.75) is 48.8 Å². The van der Waals surface area contributed by atoms with Crippen molar-refractivity contribution in [3.05, 3.63) is 29.8 Å². The Balaban J connectivity index is 1.72. The third kappa shape index (κ3) is 5.11. The zero-order valence-corrected chi connectivity index (χ0v) is 17.5. The first-order valence-corrected chi connectivity index (χ1v) is 11.7. The number of nitrogens with zero attached hydrogens (tertiary/aromatic N) is 1. The van der Waals surface area contributed by atoms with Gasteiger partial charge in [-0.15, -0.1) is 0 Å². The fourth-order valence-electron chi connectivity index (χ4n) is 4.29. The highest BCUT2D eigenvalue weighted by Gasteiger charge is 2.45. The highest BCUT2D eigenvalue weighted by Crippen LogP contribution is 2.35. The third-order valence-electron chi connectivity index (χ3n) is 5.61. The van der Waals surface area contributed by atoms with Gasteiger partial charge < -0.3 is 14.8 Å². The van der Waals surface area contributed by atoms with Crippen LogP contribution in [0.2, 0.25) is 0 Å². The van der Waals surface area contributed by atoms with Gasteiger partial charge in [0.15, 0.2) is 9.84 Å². The monoisotopic (exact) mass is 410 g/mol. The minimum atomic E-state index is -3.22. The SMILES string of the molecule is COCC(=O)N[C@H]1CCCC[C@@]12CN(Cc1cccc(S(C)(=O)=O)c1)CCO2. The molecule has 1 aromatic carbocycles. The molecule has 0 radical (unpaired) electrons. The average Bonchev–Trinajstić information content (AvgIpc) is 2.64. The molecular formula is C20H30N2O5S. The molecule has 1 N–H and O–H groups in total. The lowest BCUT2D eigenvalue weighted by atomic mass is 9.78. The lowest BCUT2D eigenvalue weighted by Gasteiger charge is -2.49. The van der Waals surface area contributed by atoms with Crippen molar-refractivity contribution in [3.63, 3.8) is 0 Å². The molecule has 0 unspecified atom stereocenters. The molecule has 3 rings (SSSR count). The zero-order valence-electron chi connectivity index (χ0n) is 16.6. The number of methoxy groups -OCH3 is 1. The van der Waals surface area contributed by atoms with Crippen molar-refractivity contribution >= 4 is 15.7 Å². The van der Waals surface area contributed by atoms with E-state index in [1.165, 1.54) is 13.4 Å². The van der Waals surface area contributed by atoms with E-state index in [1.54, 1.807) is 18.2 Å². The van der Waals surface area contributed by atoms with Crippen LogP contribution in [0.25, 0.3) is 0 Å². The average molecular weight is 411 g/mol. The lowest BCUT2D eigenvalue weighted by Crippen LogP contribution is -2.64. The Morgan fingerprint density at radius 2 is 2.21 bits per heavy atom. The van der Waals surface area contributed by atoms with E-state index in [2.05, 4.69) is 10.2 Å². The first-order chi connectivity index (χ1) is 13.3. The number of amides is 1. The minimum absolute atomic E-state index is 0.0333. The van der Waals surface area contributed by atoms with E-state index in [0.717, 1.165) is 37.8 Å². The van der Waals surface area contributed by atoms with Gasteiger partial charge in [-0.05, 0) is 30.5 Å². The zero-order chi connectivity index (χ0) is 20.2. The number of ether oxygens (including phenoxy) is 2. The largest absolute Gasteiger partial charge is 0.375 e. The molecule has 7 nitrogen and oxygen atoms in total. The molecule has 1 aliphatic heterocycles. The Bertz CT molecular complexity index is 794. The summed E-state index contributed by atoms with van der Waals surface area (Å²) in [7, 11) is -1.71. The van der Waals surface area contributed by atoms with Crippen molar-refractivity contribution in [1.29, 1.82) is 0 Å². The van der Waals surface area contributed by atoms with Crippen LogP contribution in [0.4, 0.5) is 0 Å². The van der Waals surface area contributed by atoms with E-state index in [-0.39, 0.29) is 18.6 Å². The van der Waals surface area contributed by atoms with Gasteiger partial charge in [0.1, 0.15) is 12.2 Å². The highest BCUT2D eigenvalue weighted by atomic mass is 32.2. The molecule has 2 fully saturated rings. The van der Waals surface area contributed by atoms with Crippen LogP contribution in [0.1, 0.15) is 31.2 Å². The summed E-state index contributed by atoms with van der Waals surface area (Å²) >= 11 is 0. The first kappa shape index (κ1) is 21.2. The number of hydrogen-bond acceptors (Lipinski definition) is 6.